The van der Waals surface area contributed by atoms with Crippen LogP contribution in [0.1, 0.15) is 0 Å². The van der Waals surface area contributed by atoms with E-state index in [1.54, 1.807) is 0 Å². The summed E-state index contributed by atoms with van der Waals surface area (Å²) in [7, 11) is -3.62. The highest BCUT2D eigenvalue weighted by atomic mass is 79.9. The van der Waals surface area contributed by atoms with Crippen LogP contribution in [-0.2, 0) is 9.84 Å². The first-order valence-electron chi connectivity index (χ1n) is 4.12. The van der Waals surface area contributed by atoms with Crippen molar-refractivity contribution in [3.05, 3.63) is 40.1 Å². The Labute approximate surface area is 99.5 Å². The minimum Gasteiger partial charge on any atom is -0.430 e. The summed E-state index contributed by atoms with van der Waals surface area (Å²) in [5.74, 6) is -0.220. The number of nitrogens with zero attached hydrogens (tertiary/aromatic N) is 1. The van der Waals surface area contributed by atoms with Gasteiger partial charge in [-0.15, -0.1) is 0 Å². The molecule has 0 fully saturated rings. The minimum atomic E-state index is -3.62. The molecule has 7 heteroatoms. The summed E-state index contributed by atoms with van der Waals surface area (Å²) in [6.45, 7) is 0. The SMILES string of the molecule is O=S1(=O)C=C(Br)N=C1Oc1ccc(F)cc1. The summed E-state index contributed by atoms with van der Waals surface area (Å²) < 4.78 is 40.6. The Bertz CT molecular complexity index is 577. The van der Waals surface area contributed by atoms with Crippen LogP contribution in [0, 0.1) is 5.82 Å². The molecular weight excluding hydrogens is 301 g/mol. The topological polar surface area (TPSA) is 55.7 Å². The summed E-state index contributed by atoms with van der Waals surface area (Å²) in [5, 5.41) is 0.511. The van der Waals surface area contributed by atoms with Crippen LogP contribution in [0.2, 0.25) is 0 Å². The van der Waals surface area contributed by atoms with Gasteiger partial charge in [0, 0.05) is 0 Å². The number of hydrogen-bond donors (Lipinski definition) is 0. The van der Waals surface area contributed by atoms with E-state index in [0.717, 1.165) is 5.41 Å². The monoisotopic (exact) mass is 305 g/mol. The third-order valence-electron chi connectivity index (χ3n) is 1.71. The van der Waals surface area contributed by atoms with Gasteiger partial charge in [0.1, 0.15) is 16.2 Å². The van der Waals surface area contributed by atoms with Gasteiger partial charge in [0.05, 0.1) is 5.41 Å². The molecule has 2 rings (SSSR count). The lowest BCUT2D eigenvalue weighted by Gasteiger charge is -2.03. The Morgan fingerprint density at radius 2 is 1.88 bits per heavy atom. The highest BCUT2D eigenvalue weighted by Gasteiger charge is 2.26. The first-order chi connectivity index (χ1) is 7.47. The van der Waals surface area contributed by atoms with Crippen LogP contribution in [0.25, 0.3) is 0 Å². The second-order valence-corrected chi connectivity index (χ2v) is 5.41. The summed E-state index contributed by atoms with van der Waals surface area (Å²) in [6, 6.07) is 4.97. The van der Waals surface area contributed by atoms with Crippen LogP contribution < -0.4 is 4.74 Å². The molecule has 1 aromatic rings. The summed E-state index contributed by atoms with van der Waals surface area (Å²) >= 11 is 2.93. The number of ether oxygens (including phenoxy) is 1. The number of rotatable bonds is 1. The normalized spacial score (nSPS) is 17.9. The van der Waals surface area contributed by atoms with Crippen molar-refractivity contribution >= 4 is 31.0 Å². The van der Waals surface area contributed by atoms with E-state index in [0.29, 0.717) is 0 Å². The van der Waals surface area contributed by atoms with E-state index in [1.165, 1.54) is 24.3 Å². The fourth-order valence-corrected chi connectivity index (χ4v) is 2.90. The average molecular weight is 306 g/mol. The standard InChI is InChI=1S/C9H5BrFNO3S/c10-8-5-16(13,14)9(12-8)15-7-3-1-6(11)2-4-7/h1-5H. The number of halogens is 2. The molecule has 0 bridgehead atoms. The van der Waals surface area contributed by atoms with Crippen LogP contribution in [0.15, 0.2) is 39.3 Å². The Morgan fingerprint density at radius 1 is 1.25 bits per heavy atom. The maximum atomic E-state index is 12.6. The average Bonchev–Trinajstić information content (AvgIpc) is 2.43. The third kappa shape index (κ3) is 2.30. The van der Waals surface area contributed by atoms with Crippen molar-refractivity contribution in [2.75, 3.05) is 0 Å². The predicted molar refractivity (Wildman–Crippen MR) is 60.4 cm³/mol. The van der Waals surface area contributed by atoms with Crippen LogP contribution in [0.4, 0.5) is 4.39 Å². The molecule has 0 N–H and O–H groups in total. The molecule has 1 aliphatic rings. The molecule has 0 unspecified atom stereocenters. The smallest absolute Gasteiger partial charge is 0.320 e. The lowest BCUT2D eigenvalue weighted by atomic mass is 10.3. The molecule has 0 atom stereocenters. The van der Waals surface area contributed by atoms with Gasteiger partial charge >= 0.3 is 5.23 Å². The van der Waals surface area contributed by atoms with Gasteiger partial charge in [-0.25, -0.2) is 12.8 Å². The van der Waals surface area contributed by atoms with Crippen LogP contribution >= 0.6 is 15.9 Å². The summed E-state index contributed by atoms with van der Waals surface area (Å²) in [4.78, 5) is 3.65. The predicted octanol–water partition coefficient (Wildman–Crippen LogP) is 2.18. The Morgan fingerprint density at radius 3 is 2.38 bits per heavy atom. The zero-order chi connectivity index (χ0) is 11.8. The largest absolute Gasteiger partial charge is 0.430 e. The van der Waals surface area contributed by atoms with E-state index in [2.05, 4.69) is 20.9 Å². The van der Waals surface area contributed by atoms with Crippen molar-refractivity contribution in [2.24, 2.45) is 4.99 Å². The van der Waals surface area contributed by atoms with Crippen molar-refractivity contribution in [1.29, 1.82) is 0 Å². The Hall–Kier alpha value is -1.21. The second-order valence-electron chi connectivity index (χ2n) is 2.92. The fourth-order valence-electron chi connectivity index (χ4n) is 1.04. The maximum Gasteiger partial charge on any atom is 0.320 e. The van der Waals surface area contributed by atoms with Crippen molar-refractivity contribution in [3.8, 4) is 5.75 Å². The van der Waals surface area contributed by atoms with E-state index in [9.17, 15) is 12.8 Å². The molecule has 1 aliphatic heterocycles. The first-order valence-corrected chi connectivity index (χ1v) is 6.46. The number of hydrogen-bond acceptors (Lipinski definition) is 4. The molecule has 0 aromatic heterocycles. The van der Waals surface area contributed by atoms with Gasteiger partial charge in [-0.3, -0.25) is 0 Å². The van der Waals surface area contributed by atoms with Crippen LogP contribution in [-0.4, -0.2) is 13.6 Å². The molecule has 84 valence electrons. The molecule has 0 aliphatic carbocycles. The van der Waals surface area contributed by atoms with Gasteiger partial charge in [0.2, 0.25) is 0 Å². The van der Waals surface area contributed by atoms with E-state index in [-0.39, 0.29) is 10.4 Å². The highest BCUT2D eigenvalue weighted by Crippen LogP contribution is 2.22. The van der Waals surface area contributed by atoms with Crippen LogP contribution in [0.3, 0.4) is 0 Å². The van der Waals surface area contributed by atoms with Gasteiger partial charge in [0.15, 0.2) is 0 Å². The zero-order valence-electron chi connectivity index (χ0n) is 7.72. The van der Waals surface area contributed by atoms with Gasteiger partial charge in [0.25, 0.3) is 9.84 Å². The van der Waals surface area contributed by atoms with E-state index < -0.39 is 20.9 Å². The molecule has 0 spiro atoms. The molecular formula is C9H5BrFNO3S. The molecule has 0 saturated heterocycles. The summed E-state index contributed by atoms with van der Waals surface area (Å²) in [5.41, 5.74) is 0. The fraction of sp³-hybridized carbons (Fsp3) is 0. The van der Waals surface area contributed by atoms with Gasteiger partial charge < -0.3 is 4.74 Å². The minimum absolute atomic E-state index is 0.171. The van der Waals surface area contributed by atoms with E-state index in [4.69, 9.17) is 4.74 Å². The number of aliphatic imine (C=N–C) groups is 1. The van der Waals surface area contributed by atoms with Gasteiger partial charge in [-0.1, -0.05) is 0 Å². The summed E-state index contributed by atoms with van der Waals surface area (Å²) in [6.07, 6.45) is 0. The lowest BCUT2D eigenvalue weighted by Crippen LogP contribution is -2.15. The van der Waals surface area contributed by atoms with Crippen molar-refractivity contribution in [3.63, 3.8) is 0 Å². The zero-order valence-corrected chi connectivity index (χ0v) is 10.1. The number of sulfone groups is 1. The third-order valence-corrected chi connectivity index (χ3v) is 3.62. The maximum absolute atomic E-state index is 12.6. The molecule has 0 saturated carbocycles. The molecule has 1 aromatic carbocycles. The second kappa shape index (κ2) is 3.99. The first kappa shape index (κ1) is 11.3. The number of benzene rings is 1. The lowest BCUT2D eigenvalue weighted by molar-refractivity contribution is 0.546. The quantitative estimate of drug-likeness (QED) is 0.747. The molecule has 4 nitrogen and oxygen atoms in total. The highest BCUT2D eigenvalue weighted by molar-refractivity contribution is 9.11. The van der Waals surface area contributed by atoms with E-state index in [1.807, 2.05) is 0 Å². The van der Waals surface area contributed by atoms with Crippen molar-refractivity contribution in [2.45, 2.75) is 0 Å². The molecule has 0 radical (unpaired) electrons. The molecule has 1 heterocycles. The van der Waals surface area contributed by atoms with Gasteiger partial charge in [-0.05, 0) is 40.2 Å². The molecule has 0 amide bonds. The Balaban J connectivity index is 2.25. The molecule has 16 heavy (non-hydrogen) atoms. The van der Waals surface area contributed by atoms with Crippen molar-refractivity contribution in [1.82, 2.24) is 0 Å². The Kier molecular flexibility index (Phi) is 2.81. The van der Waals surface area contributed by atoms with Crippen molar-refractivity contribution < 1.29 is 17.5 Å². The van der Waals surface area contributed by atoms with Crippen LogP contribution in [0.5, 0.6) is 5.75 Å². The van der Waals surface area contributed by atoms with Gasteiger partial charge in [-0.2, -0.15) is 4.99 Å². The van der Waals surface area contributed by atoms with E-state index >= 15 is 0 Å².